The first-order valence-corrected chi connectivity index (χ1v) is 9.36. The van der Waals surface area contributed by atoms with Crippen molar-refractivity contribution in [1.29, 1.82) is 0 Å². The van der Waals surface area contributed by atoms with Gasteiger partial charge in [0.05, 0.1) is 0 Å². The largest absolute Gasteiger partial charge is 0.454 e. The maximum atomic E-state index is 12.2. The summed E-state index contributed by atoms with van der Waals surface area (Å²) in [6.07, 6.45) is -0.466. The third kappa shape index (κ3) is 5.18. The zero-order chi connectivity index (χ0) is 19.1. The molecule has 0 saturated heterocycles. The lowest BCUT2D eigenvalue weighted by atomic mass is 9.92. The number of benzene rings is 2. The number of carbonyl (C=O) groups excluding carboxylic acids is 1. The van der Waals surface area contributed by atoms with Crippen LogP contribution in [0.2, 0.25) is 0 Å². The van der Waals surface area contributed by atoms with Gasteiger partial charge in [0.1, 0.15) is 6.10 Å². The van der Waals surface area contributed by atoms with Crippen LogP contribution < -0.4 is 0 Å². The van der Waals surface area contributed by atoms with Crippen molar-refractivity contribution in [1.82, 2.24) is 0 Å². The van der Waals surface area contributed by atoms with Crippen LogP contribution in [0.4, 0.5) is 0 Å². The van der Waals surface area contributed by atoms with Crippen LogP contribution in [-0.2, 0) is 14.3 Å². The minimum absolute atomic E-state index is 0.218. The van der Waals surface area contributed by atoms with E-state index in [1.807, 2.05) is 50.2 Å². The van der Waals surface area contributed by atoms with Gasteiger partial charge in [0, 0.05) is 13.0 Å². The van der Waals surface area contributed by atoms with Crippen molar-refractivity contribution in [2.24, 2.45) is 5.92 Å². The highest BCUT2D eigenvalue weighted by Gasteiger charge is 2.31. The maximum Gasteiger partial charge on any atom is 0.306 e. The molecule has 2 aromatic rings. The van der Waals surface area contributed by atoms with Crippen molar-refractivity contribution in [3.63, 3.8) is 0 Å². The van der Waals surface area contributed by atoms with Crippen LogP contribution >= 0.6 is 0 Å². The first-order chi connectivity index (χ1) is 12.4. The molecule has 0 aliphatic rings. The Labute approximate surface area is 157 Å². The van der Waals surface area contributed by atoms with Gasteiger partial charge in [0.15, 0.2) is 6.10 Å². The number of hydrogen-bond donors (Lipinski definition) is 0. The fourth-order valence-electron chi connectivity index (χ4n) is 2.96. The van der Waals surface area contributed by atoms with Gasteiger partial charge < -0.3 is 9.47 Å². The first kappa shape index (κ1) is 20.2. The summed E-state index contributed by atoms with van der Waals surface area (Å²) in [6.45, 7) is 10.8. The molecule has 2 atom stereocenters. The molecule has 0 fully saturated rings. The molecule has 2 aromatic carbocycles. The van der Waals surface area contributed by atoms with E-state index in [9.17, 15) is 4.79 Å². The molecule has 26 heavy (non-hydrogen) atoms. The Morgan fingerprint density at radius 1 is 0.885 bits per heavy atom. The number of rotatable bonds is 8. The molecule has 0 saturated carbocycles. The van der Waals surface area contributed by atoms with Gasteiger partial charge in [-0.05, 0) is 42.0 Å². The van der Waals surface area contributed by atoms with E-state index >= 15 is 0 Å². The van der Waals surface area contributed by atoms with E-state index in [1.165, 1.54) is 0 Å². The average Bonchev–Trinajstić information content (AvgIpc) is 2.62. The quantitative estimate of drug-likeness (QED) is 0.569. The molecule has 0 aliphatic heterocycles. The average molecular weight is 354 g/mol. The normalized spacial score (nSPS) is 13.5. The van der Waals surface area contributed by atoms with Crippen LogP contribution in [0.1, 0.15) is 61.7 Å². The second-order valence-electron chi connectivity index (χ2n) is 7.12. The lowest BCUT2D eigenvalue weighted by Gasteiger charge is -2.30. The number of esters is 1. The topological polar surface area (TPSA) is 35.5 Å². The smallest absolute Gasteiger partial charge is 0.306 e. The van der Waals surface area contributed by atoms with Crippen LogP contribution in [0.15, 0.2) is 48.5 Å². The van der Waals surface area contributed by atoms with Crippen molar-refractivity contribution in [2.75, 3.05) is 6.61 Å². The molecule has 0 amide bonds. The van der Waals surface area contributed by atoms with Gasteiger partial charge in [0.2, 0.25) is 0 Å². The summed E-state index contributed by atoms with van der Waals surface area (Å²) in [4.78, 5) is 12.2. The van der Waals surface area contributed by atoms with Gasteiger partial charge in [-0.1, -0.05) is 69.3 Å². The zero-order valence-electron chi connectivity index (χ0n) is 16.5. The molecular weight excluding hydrogens is 324 g/mol. The van der Waals surface area contributed by atoms with Gasteiger partial charge in [-0.2, -0.15) is 0 Å². The molecular formula is C23H30O3. The van der Waals surface area contributed by atoms with Crippen LogP contribution in [0.5, 0.6) is 0 Å². The highest BCUT2D eigenvalue weighted by molar-refractivity contribution is 5.69. The molecule has 0 radical (unpaired) electrons. The van der Waals surface area contributed by atoms with Gasteiger partial charge >= 0.3 is 5.97 Å². The molecule has 0 heterocycles. The standard InChI is InChI=1S/C23H30O3/c1-6-21(24)26-23(20-14-10-8-12-18(20)5)22(25-15-16(2)3)19-13-9-7-11-17(19)4/h7-14,16,22-23H,6,15H2,1-5H3/t22-,23+/m0/s1. The second-order valence-corrected chi connectivity index (χ2v) is 7.12. The predicted molar refractivity (Wildman–Crippen MR) is 105 cm³/mol. The van der Waals surface area contributed by atoms with Gasteiger partial charge in [0.25, 0.3) is 0 Å². The summed E-state index contributed by atoms with van der Waals surface area (Å²) in [7, 11) is 0. The molecule has 0 aliphatic carbocycles. The fourth-order valence-corrected chi connectivity index (χ4v) is 2.96. The number of aryl methyl sites for hydroxylation is 2. The van der Waals surface area contributed by atoms with Crippen LogP contribution in [-0.4, -0.2) is 12.6 Å². The first-order valence-electron chi connectivity index (χ1n) is 9.36. The monoisotopic (exact) mass is 354 g/mol. The minimum atomic E-state index is -0.469. The maximum absolute atomic E-state index is 12.2. The van der Waals surface area contributed by atoms with E-state index in [-0.39, 0.29) is 12.1 Å². The van der Waals surface area contributed by atoms with Gasteiger partial charge in [-0.3, -0.25) is 4.79 Å². The highest BCUT2D eigenvalue weighted by atomic mass is 16.6. The summed E-state index contributed by atoms with van der Waals surface area (Å²) >= 11 is 0. The molecule has 0 spiro atoms. The summed E-state index contributed by atoms with van der Waals surface area (Å²) in [5, 5.41) is 0. The van der Waals surface area contributed by atoms with Crippen molar-refractivity contribution in [2.45, 2.75) is 53.2 Å². The van der Waals surface area contributed by atoms with E-state index in [4.69, 9.17) is 9.47 Å². The Kier molecular flexibility index (Phi) is 7.40. The van der Waals surface area contributed by atoms with Crippen LogP contribution in [0.3, 0.4) is 0 Å². The Morgan fingerprint density at radius 2 is 1.38 bits per heavy atom. The predicted octanol–water partition coefficient (Wildman–Crippen LogP) is 5.71. The second kappa shape index (κ2) is 9.54. The third-order valence-corrected chi connectivity index (χ3v) is 4.42. The van der Waals surface area contributed by atoms with E-state index < -0.39 is 6.10 Å². The number of hydrogen-bond acceptors (Lipinski definition) is 3. The fraction of sp³-hybridized carbons (Fsp3) is 0.435. The van der Waals surface area contributed by atoms with E-state index in [0.29, 0.717) is 18.9 Å². The third-order valence-electron chi connectivity index (χ3n) is 4.42. The molecule has 0 aromatic heterocycles. The summed E-state index contributed by atoms with van der Waals surface area (Å²) < 4.78 is 12.2. The number of ether oxygens (including phenoxy) is 2. The van der Waals surface area contributed by atoms with Gasteiger partial charge in [-0.15, -0.1) is 0 Å². The summed E-state index contributed by atoms with van der Waals surface area (Å²) in [5.41, 5.74) is 4.28. The molecule has 0 N–H and O–H groups in total. The van der Waals surface area contributed by atoms with E-state index in [1.54, 1.807) is 0 Å². The Hall–Kier alpha value is -2.13. The van der Waals surface area contributed by atoms with Crippen LogP contribution in [0.25, 0.3) is 0 Å². The lowest BCUT2D eigenvalue weighted by Crippen LogP contribution is -2.23. The molecule has 0 bridgehead atoms. The lowest BCUT2D eigenvalue weighted by molar-refractivity contribution is -0.159. The van der Waals surface area contributed by atoms with Gasteiger partial charge in [-0.25, -0.2) is 0 Å². The van der Waals surface area contributed by atoms with Crippen molar-refractivity contribution in [3.8, 4) is 0 Å². The summed E-state index contributed by atoms with van der Waals surface area (Å²) in [6, 6.07) is 16.2. The Morgan fingerprint density at radius 3 is 1.85 bits per heavy atom. The minimum Gasteiger partial charge on any atom is -0.454 e. The van der Waals surface area contributed by atoms with Crippen molar-refractivity contribution < 1.29 is 14.3 Å². The molecule has 0 unspecified atom stereocenters. The zero-order valence-corrected chi connectivity index (χ0v) is 16.5. The molecule has 3 nitrogen and oxygen atoms in total. The van der Waals surface area contributed by atoms with Crippen molar-refractivity contribution >= 4 is 5.97 Å². The highest BCUT2D eigenvalue weighted by Crippen LogP contribution is 2.38. The molecule has 140 valence electrons. The molecule has 2 rings (SSSR count). The summed E-state index contributed by atoms with van der Waals surface area (Å²) in [5.74, 6) is 0.172. The van der Waals surface area contributed by atoms with E-state index in [0.717, 1.165) is 22.3 Å². The Balaban J connectivity index is 2.51. The number of carbonyl (C=O) groups is 1. The Bertz CT molecular complexity index is 721. The van der Waals surface area contributed by atoms with Crippen LogP contribution in [0, 0.1) is 19.8 Å². The SMILES string of the molecule is CCC(=O)O[C@H](c1ccccc1C)[C@@H](OCC(C)C)c1ccccc1C. The molecule has 3 heteroatoms. The van der Waals surface area contributed by atoms with E-state index in [2.05, 4.69) is 32.9 Å². The van der Waals surface area contributed by atoms with Crippen molar-refractivity contribution in [3.05, 3.63) is 70.8 Å².